The lowest BCUT2D eigenvalue weighted by Crippen LogP contribution is -2.09. The van der Waals surface area contributed by atoms with Crippen molar-refractivity contribution >= 4 is 29.2 Å². The van der Waals surface area contributed by atoms with Gasteiger partial charge in [0.1, 0.15) is 5.75 Å². The lowest BCUT2D eigenvalue weighted by molar-refractivity contribution is 0.475. The van der Waals surface area contributed by atoms with Crippen molar-refractivity contribution in [3.8, 4) is 24.0 Å². The highest BCUT2D eigenvalue weighted by molar-refractivity contribution is 5.80. The fourth-order valence-electron chi connectivity index (χ4n) is 3.62. The summed E-state index contributed by atoms with van der Waals surface area (Å²) >= 11 is 0. The predicted octanol–water partition coefficient (Wildman–Crippen LogP) is 6.65. The van der Waals surface area contributed by atoms with Gasteiger partial charge in [0.25, 0.3) is 0 Å². The second-order valence-electron chi connectivity index (χ2n) is 7.43. The monoisotopic (exact) mass is 438 g/mol. The topological polar surface area (TPSA) is 94.8 Å². The number of aromatic hydroxyl groups is 1. The fraction of sp³-hybridized carbons (Fsp3) is 0. The molecule has 34 heavy (non-hydrogen) atoms. The Bertz CT molecular complexity index is 1430. The summed E-state index contributed by atoms with van der Waals surface area (Å²) in [4.78, 5) is 2.08. The van der Waals surface area contributed by atoms with E-state index in [9.17, 15) is 15.6 Å². The van der Waals surface area contributed by atoms with Gasteiger partial charge in [0.05, 0.1) is 34.9 Å². The summed E-state index contributed by atoms with van der Waals surface area (Å²) in [7, 11) is 0. The zero-order valence-electron chi connectivity index (χ0n) is 18.1. The Balaban J connectivity index is 1.68. The van der Waals surface area contributed by atoms with Gasteiger partial charge < -0.3 is 10.0 Å². The quantitative estimate of drug-likeness (QED) is 0.352. The maximum absolute atomic E-state index is 9.69. The molecule has 0 aromatic heterocycles. The minimum absolute atomic E-state index is 0.202. The molecule has 0 heterocycles. The Labute approximate surface area is 197 Å². The molecule has 1 N–H and O–H groups in total. The molecule has 0 fully saturated rings. The van der Waals surface area contributed by atoms with Crippen molar-refractivity contribution in [2.45, 2.75) is 0 Å². The number of phenolic OH excluding ortho intramolecular Hbond substituents is 1. The number of nitrogens with zero attached hydrogens (tertiary/aromatic N) is 4. The molecule has 4 aromatic carbocycles. The van der Waals surface area contributed by atoms with Gasteiger partial charge in [0.2, 0.25) is 0 Å². The van der Waals surface area contributed by atoms with E-state index in [4.69, 9.17) is 5.26 Å². The molecule has 160 valence electrons. The maximum atomic E-state index is 9.69. The standard InChI is InChI=1S/C29H18N4O/c30-18-22-16-23(19-31)29(24(17-22)20-32)15-8-21-6-9-26(10-7-21)33(25-4-2-1-3-5-25)27-11-13-28(34)14-12-27/h1-17,34H. The van der Waals surface area contributed by atoms with Gasteiger partial charge in [0.15, 0.2) is 0 Å². The first-order valence-electron chi connectivity index (χ1n) is 10.4. The second kappa shape index (κ2) is 9.88. The molecule has 0 saturated heterocycles. The molecular weight excluding hydrogens is 420 g/mol. The summed E-state index contributed by atoms with van der Waals surface area (Å²) in [5.74, 6) is 0.202. The molecule has 4 aromatic rings. The summed E-state index contributed by atoms with van der Waals surface area (Å²) in [6.07, 6.45) is 3.56. The highest BCUT2D eigenvalue weighted by Crippen LogP contribution is 2.35. The van der Waals surface area contributed by atoms with E-state index in [1.54, 1.807) is 18.2 Å². The van der Waals surface area contributed by atoms with Crippen LogP contribution in [0.3, 0.4) is 0 Å². The van der Waals surface area contributed by atoms with E-state index >= 15 is 0 Å². The Morgan fingerprint density at radius 1 is 0.618 bits per heavy atom. The molecule has 0 spiro atoms. The van der Waals surface area contributed by atoms with Crippen molar-refractivity contribution in [1.82, 2.24) is 0 Å². The molecule has 5 heteroatoms. The number of phenols is 1. The van der Waals surface area contributed by atoms with Crippen molar-refractivity contribution in [1.29, 1.82) is 15.8 Å². The lowest BCUT2D eigenvalue weighted by Gasteiger charge is -2.25. The fourth-order valence-corrected chi connectivity index (χ4v) is 3.62. The highest BCUT2D eigenvalue weighted by Gasteiger charge is 2.12. The molecule has 0 saturated carbocycles. The first-order chi connectivity index (χ1) is 16.6. The lowest BCUT2D eigenvalue weighted by atomic mass is 9.98. The van der Waals surface area contributed by atoms with E-state index in [0.29, 0.717) is 5.56 Å². The van der Waals surface area contributed by atoms with Crippen molar-refractivity contribution < 1.29 is 5.11 Å². The number of hydrogen-bond donors (Lipinski definition) is 1. The van der Waals surface area contributed by atoms with E-state index < -0.39 is 0 Å². The first kappa shape index (κ1) is 21.9. The van der Waals surface area contributed by atoms with Crippen LogP contribution < -0.4 is 4.90 Å². The number of hydrogen-bond acceptors (Lipinski definition) is 5. The highest BCUT2D eigenvalue weighted by atomic mass is 16.3. The van der Waals surface area contributed by atoms with E-state index in [2.05, 4.69) is 17.0 Å². The Kier molecular flexibility index (Phi) is 6.36. The molecule has 0 radical (unpaired) electrons. The van der Waals surface area contributed by atoms with Crippen LogP contribution in [0.25, 0.3) is 12.2 Å². The summed E-state index contributed by atoms with van der Waals surface area (Å²) in [6.45, 7) is 0. The van der Waals surface area contributed by atoms with E-state index in [-0.39, 0.29) is 22.4 Å². The SMILES string of the molecule is N#Cc1cc(C#N)c(C=Cc2ccc(N(c3ccccc3)c3ccc(O)cc3)cc2)c(C#N)c1. The summed E-state index contributed by atoms with van der Waals surface area (Å²) in [6, 6.07) is 33.9. The van der Waals surface area contributed by atoms with Crippen LogP contribution >= 0.6 is 0 Å². The molecule has 0 atom stereocenters. The van der Waals surface area contributed by atoms with Crippen LogP contribution in [0, 0.1) is 34.0 Å². The normalized spacial score (nSPS) is 10.3. The molecular formula is C29H18N4O. The van der Waals surface area contributed by atoms with Crippen LogP contribution in [-0.2, 0) is 0 Å². The number of benzene rings is 4. The Morgan fingerprint density at radius 3 is 1.68 bits per heavy atom. The van der Waals surface area contributed by atoms with E-state index in [1.165, 1.54) is 12.1 Å². The van der Waals surface area contributed by atoms with Crippen molar-refractivity contribution in [2.75, 3.05) is 4.90 Å². The zero-order chi connectivity index (χ0) is 23.9. The van der Waals surface area contributed by atoms with Gasteiger partial charge in [0, 0.05) is 22.6 Å². The molecule has 0 aliphatic heterocycles. The predicted molar refractivity (Wildman–Crippen MR) is 132 cm³/mol. The smallest absolute Gasteiger partial charge is 0.115 e. The van der Waals surface area contributed by atoms with Crippen molar-refractivity contribution in [3.05, 3.63) is 119 Å². The third-order valence-electron chi connectivity index (χ3n) is 5.27. The molecule has 0 unspecified atom stereocenters. The third-order valence-corrected chi connectivity index (χ3v) is 5.27. The molecule has 4 rings (SSSR count). The van der Waals surface area contributed by atoms with Crippen LogP contribution in [0.2, 0.25) is 0 Å². The minimum Gasteiger partial charge on any atom is -0.508 e. The maximum Gasteiger partial charge on any atom is 0.115 e. The summed E-state index contributed by atoms with van der Waals surface area (Å²) < 4.78 is 0. The molecule has 0 aliphatic carbocycles. The average molecular weight is 438 g/mol. The largest absolute Gasteiger partial charge is 0.508 e. The molecule has 0 amide bonds. The first-order valence-corrected chi connectivity index (χ1v) is 10.4. The number of rotatable bonds is 5. The van der Waals surface area contributed by atoms with Gasteiger partial charge in [-0.3, -0.25) is 0 Å². The summed E-state index contributed by atoms with van der Waals surface area (Å²) in [5, 5.41) is 37.7. The zero-order valence-corrected chi connectivity index (χ0v) is 18.1. The van der Waals surface area contributed by atoms with Crippen LogP contribution in [0.4, 0.5) is 17.1 Å². The van der Waals surface area contributed by atoms with Gasteiger partial charge in [-0.05, 0) is 66.2 Å². The van der Waals surface area contributed by atoms with Crippen LogP contribution in [0.1, 0.15) is 27.8 Å². The van der Waals surface area contributed by atoms with Crippen LogP contribution in [-0.4, -0.2) is 5.11 Å². The van der Waals surface area contributed by atoms with Gasteiger partial charge >= 0.3 is 0 Å². The third kappa shape index (κ3) is 4.63. The van der Waals surface area contributed by atoms with Crippen LogP contribution in [0.5, 0.6) is 5.75 Å². The van der Waals surface area contributed by atoms with Gasteiger partial charge in [-0.2, -0.15) is 15.8 Å². The molecule has 0 aliphatic rings. The van der Waals surface area contributed by atoms with E-state index in [0.717, 1.165) is 22.6 Å². The molecule has 0 bridgehead atoms. The van der Waals surface area contributed by atoms with E-state index in [1.807, 2.05) is 78.9 Å². The van der Waals surface area contributed by atoms with Crippen molar-refractivity contribution in [3.63, 3.8) is 0 Å². The Morgan fingerprint density at radius 2 is 1.15 bits per heavy atom. The number of anilines is 3. The number of para-hydroxylation sites is 1. The average Bonchev–Trinajstić information content (AvgIpc) is 2.89. The minimum atomic E-state index is 0.202. The molecule has 5 nitrogen and oxygen atoms in total. The van der Waals surface area contributed by atoms with Gasteiger partial charge in [-0.15, -0.1) is 0 Å². The van der Waals surface area contributed by atoms with Crippen molar-refractivity contribution in [2.24, 2.45) is 0 Å². The van der Waals surface area contributed by atoms with Gasteiger partial charge in [-0.1, -0.05) is 42.5 Å². The Hall–Kier alpha value is -5.31. The number of nitriles is 3. The second-order valence-corrected chi connectivity index (χ2v) is 7.43. The van der Waals surface area contributed by atoms with Gasteiger partial charge in [-0.25, -0.2) is 0 Å². The van der Waals surface area contributed by atoms with Crippen LogP contribution in [0.15, 0.2) is 91.0 Å². The summed E-state index contributed by atoms with van der Waals surface area (Å²) in [5.41, 5.74) is 5.04.